The van der Waals surface area contributed by atoms with Crippen LogP contribution in [0, 0.1) is 6.92 Å². The molecule has 0 aliphatic rings. The Morgan fingerprint density at radius 2 is 2.12 bits per heavy atom. The summed E-state index contributed by atoms with van der Waals surface area (Å²) in [5, 5.41) is 3.33. The van der Waals surface area contributed by atoms with Crippen molar-refractivity contribution in [2.24, 2.45) is 0 Å². The molecule has 0 aliphatic carbocycles. The van der Waals surface area contributed by atoms with Gasteiger partial charge in [-0.1, -0.05) is 0 Å². The maximum atomic E-state index is 5.27. The number of aromatic nitrogens is 2. The molecule has 1 N–H and O–H groups in total. The summed E-state index contributed by atoms with van der Waals surface area (Å²) in [4.78, 5) is 4.46. The van der Waals surface area contributed by atoms with Crippen molar-refractivity contribution < 1.29 is 9.47 Å². The van der Waals surface area contributed by atoms with E-state index in [1.807, 2.05) is 20.0 Å². The van der Waals surface area contributed by atoms with Crippen molar-refractivity contribution in [3.8, 4) is 0 Å². The van der Waals surface area contributed by atoms with Crippen molar-refractivity contribution in [3.63, 3.8) is 0 Å². The molecule has 0 aliphatic heterocycles. The molecule has 0 spiro atoms. The first kappa shape index (κ1) is 14.0. The summed E-state index contributed by atoms with van der Waals surface area (Å²) in [6.07, 6.45) is 2.19. The molecule has 0 fully saturated rings. The minimum absolute atomic E-state index is 0.168. The second-order valence-corrected chi connectivity index (χ2v) is 4.41. The topological polar surface area (TPSA) is 48.3 Å². The van der Waals surface area contributed by atoms with Gasteiger partial charge in [0.05, 0.1) is 24.9 Å². The lowest BCUT2D eigenvalue weighted by atomic mass is 10.3. The Labute approximate surface area is 103 Å². The van der Waals surface area contributed by atoms with Gasteiger partial charge in [-0.05, 0) is 20.8 Å². The van der Waals surface area contributed by atoms with Gasteiger partial charge in [0.1, 0.15) is 0 Å². The highest BCUT2D eigenvalue weighted by molar-refractivity contribution is 5.30. The molecule has 0 amide bonds. The van der Waals surface area contributed by atoms with Crippen LogP contribution in [-0.4, -0.2) is 42.5 Å². The molecule has 1 rings (SSSR count). The third-order valence-electron chi connectivity index (χ3n) is 2.55. The quantitative estimate of drug-likeness (QED) is 0.789. The second-order valence-electron chi connectivity index (χ2n) is 4.41. The Morgan fingerprint density at radius 3 is 2.71 bits per heavy atom. The van der Waals surface area contributed by atoms with E-state index in [4.69, 9.17) is 9.47 Å². The van der Waals surface area contributed by atoms with Crippen molar-refractivity contribution >= 4 is 5.95 Å². The smallest absolute Gasteiger partial charge is 0.203 e. The summed E-state index contributed by atoms with van der Waals surface area (Å²) >= 11 is 0. The zero-order valence-corrected chi connectivity index (χ0v) is 11.4. The number of nitrogens with zero attached hydrogens (tertiary/aromatic N) is 2. The summed E-state index contributed by atoms with van der Waals surface area (Å²) in [6.45, 7) is 7.54. The fourth-order valence-electron chi connectivity index (χ4n) is 1.66. The van der Waals surface area contributed by atoms with Gasteiger partial charge in [0.25, 0.3) is 0 Å². The van der Waals surface area contributed by atoms with Crippen LogP contribution >= 0.6 is 0 Å². The monoisotopic (exact) mass is 241 g/mol. The van der Waals surface area contributed by atoms with E-state index >= 15 is 0 Å². The van der Waals surface area contributed by atoms with Crippen LogP contribution in [0.1, 0.15) is 19.5 Å². The van der Waals surface area contributed by atoms with Gasteiger partial charge in [-0.2, -0.15) is 0 Å². The number of hydrogen-bond acceptors (Lipinski definition) is 4. The van der Waals surface area contributed by atoms with E-state index in [9.17, 15) is 0 Å². The summed E-state index contributed by atoms with van der Waals surface area (Å²) in [7, 11) is 3.41. The largest absolute Gasteiger partial charge is 0.383 e. The van der Waals surface area contributed by atoms with Gasteiger partial charge in [0.15, 0.2) is 0 Å². The molecule has 1 aromatic heterocycles. The SMILES string of the molecule is COCC(C)Nc1nc(C)cn1CC(C)OC. The average molecular weight is 241 g/mol. The molecular weight excluding hydrogens is 218 g/mol. The molecule has 1 aromatic rings. The van der Waals surface area contributed by atoms with Gasteiger partial charge < -0.3 is 19.4 Å². The molecule has 0 radical (unpaired) electrons. The van der Waals surface area contributed by atoms with Crippen LogP contribution in [0.2, 0.25) is 0 Å². The minimum Gasteiger partial charge on any atom is -0.383 e. The summed E-state index contributed by atoms with van der Waals surface area (Å²) in [6, 6.07) is 0.235. The van der Waals surface area contributed by atoms with Gasteiger partial charge >= 0.3 is 0 Å². The van der Waals surface area contributed by atoms with E-state index in [-0.39, 0.29) is 12.1 Å². The van der Waals surface area contributed by atoms with Crippen LogP contribution < -0.4 is 5.32 Å². The first-order valence-corrected chi connectivity index (χ1v) is 5.88. The predicted octanol–water partition coefficient (Wildman–Crippen LogP) is 1.67. The van der Waals surface area contributed by atoms with Crippen LogP contribution in [0.4, 0.5) is 5.95 Å². The van der Waals surface area contributed by atoms with Crippen molar-refractivity contribution in [1.29, 1.82) is 0 Å². The van der Waals surface area contributed by atoms with Crippen molar-refractivity contribution in [2.75, 3.05) is 26.1 Å². The molecule has 0 saturated heterocycles. The van der Waals surface area contributed by atoms with Gasteiger partial charge in [-0.15, -0.1) is 0 Å². The molecule has 2 atom stereocenters. The van der Waals surface area contributed by atoms with Gasteiger partial charge in [-0.25, -0.2) is 4.98 Å². The first-order chi connectivity index (χ1) is 8.06. The third kappa shape index (κ3) is 4.36. The van der Waals surface area contributed by atoms with Crippen LogP contribution in [0.15, 0.2) is 6.20 Å². The number of anilines is 1. The number of aryl methyl sites for hydroxylation is 1. The van der Waals surface area contributed by atoms with Crippen molar-refractivity contribution in [2.45, 2.75) is 39.5 Å². The van der Waals surface area contributed by atoms with Crippen molar-refractivity contribution in [3.05, 3.63) is 11.9 Å². The normalized spacial score (nSPS) is 14.6. The second kappa shape index (κ2) is 6.61. The summed E-state index contributed by atoms with van der Waals surface area (Å²) in [5.41, 5.74) is 1.00. The molecule has 0 aromatic carbocycles. The van der Waals surface area contributed by atoms with E-state index in [0.29, 0.717) is 6.61 Å². The molecule has 17 heavy (non-hydrogen) atoms. The molecule has 1 heterocycles. The Kier molecular flexibility index (Phi) is 5.44. The molecule has 5 heteroatoms. The van der Waals surface area contributed by atoms with E-state index in [2.05, 4.69) is 21.8 Å². The Morgan fingerprint density at radius 1 is 1.41 bits per heavy atom. The lowest BCUT2D eigenvalue weighted by Gasteiger charge is -2.17. The number of rotatable bonds is 7. The number of nitrogens with one attached hydrogen (secondary N) is 1. The molecule has 0 saturated carbocycles. The highest BCUT2D eigenvalue weighted by Crippen LogP contribution is 2.11. The predicted molar refractivity (Wildman–Crippen MR) is 68.4 cm³/mol. The number of ether oxygens (including phenoxy) is 2. The van der Waals surface area contributed by atoms with Gasteiger partial charge in [-0.3, -0.25) is 0 Å². The zero-order valence-electron chi connectivity index (χ0n) is 11.4. The minimum atomic E-state index is 0.168. The van der Waals surface area contributed by atoms with Crippen molar-refractivity contribution in [1.82, 2.24) is 9.55 Å². The van der Waals surface area contributed by atoms with E-state index in [1.165, 1.54) is 0 Å². The van der Waals surface area contributed by atoms with Crippen LogP contribution in [0.5, 0.6) is 0 Å². The fraction of sp³-hybridized carbons (Fsp3) is 0.750. The Bertz CT molecular complexity index is 338. The molecule has 5 nitrogen and oxygen atoms in total. The van der Waals surface area contributed by atoms with E-state index in [0.717, 1.165) is 18.2 Å². The Hall–Kier alpha value is -1.07. The summed E-state index contributed by atoms with van der Waals surface area (Å²) < 4.78 is 12.4. The average Bonchev–Trinajstić information content (AvgIpc) is 2.59. The highest BCUT2D eigenvalue weighted by Gasteiger charge is 2.11. The highest BCUT2D eigenvalue weighted by atomic mass is 16.5. The zero-order chi connectivity index (χ0) is 12.8. The molecular formula is C12H23N3O2. The van der Waals surface area contributed by atoms with E-state index in [1.54, 1.807) is 14.2 Å². The van der Waals surface area contributed by atoms with Gasteiger partial charge in [0.2, 0.25) is 5.95 Å². The molecule has 98 valence electrons. The lowest BCUT2D eigenvalue weighted by Crippen LogP contribution is -2.24. The van der Waals surface area contributed by atoms with Crippen LogP contribution in [0.3, 0.4) is 0 Å². The lowest BCUT2D eigenvalue weighted by molar-refractivity contribution is 0.103. The molecule has 0 bridgehead atoms. The van der Waals surface area contributed by atoms with Gasteiger partial charge in [0, 0.05) is 26.5 Å². The Balaban J connectivity index is 2.70. The fourth-order valence-corrected chi connectivity index (χ4v) is 1.66. The number of hydrogen-bond donors (Lipinski definition) is 1. The number of imidazole rings is 1. The molecule has 2 unspecified atom stereocenters. The maximum absolute atomic E-state index is 5.27. The standard InChI is InChI=1S/C12H23N3O2/c1-9-6-15(7-11(3)17-5)12(13-9)14-10(2)8-16-4/h6,10-11H,7-8H2,1-5H3,(H,13,14). The third-order valence-corrected chi connectivity index (χ3v) is 2.55. The summed E-state index contributed by atoms with van der Waals surface area (Å²) in [5.74, 6) is 0.871. The van der Waals surface area contributed by atoms with E-state index < -0.39 is 0 Å². The number of methoxy groups -OCH3 is 2. The van der Waals surface area contributed by atoms with Crippen LogP contribution in [0.25, 0.3) is 0 Å². The van der Waals surface area contributed by atoms with Crippen LogP contribution in [-0.2, 0) is 16.0 Å². The maximum Gasteiger partial charge on any atom is 0.203 e. The first-order valence-electron chi connectivity index (χ1n) is 5.88.